The van der Waals surface area contributed by atoms with Crippen LogP contribution in [0.15, 0.2) is 22.7 Å². The first-order chi connectivity index (χ1) is 9.23. The van der Waals surface area contributed by atoms with E-state index >= 15 is 0 Å². The first kappa shape index (κ1) is 16.6. The Labute approximate surface area is 122 Å². The highest BCUT2D eigenvalue weighted by Crippen LogP contribution is 2.28. The Morgan fingerprint density at radius 1 is 1.45 bits per heavy atom. The van der Waals surface area contributed by atoms with Crippen molar-refractivity contribution >= 4 is 27.5 Å². The third-order valence-electron chi connectivity index (χ3n) is 2.39. The molecule has 0 saturated heterocycles. The minimum absolute atomic E-state index is 0.554. The summed E-state index contributed by atoms with van der Waals surface area (Å²) >= 11 is 3.28. The molecular weight excluding hydrogens is 341 g/mol. The highest BCUT2D eigenvalue weighted by atomic mass is 79.9. The average molecular weight is 355 g/mol. The van der Waals surface area contributed by atoms with Gasteiger partial charge in [-0.15, -0.1) is 0 Å². The summed E-state index contributed by atoms with van der Waals surface area (Å²) in [6.45, 7) is 0.127. The van der Waals surface area contributed by atoms with Crippen molar-refractivity contribution in [3.05, 3.63) is 22.7 Å². The molecule has 1 aromatic carbocycles. The van der Waals surface area contributed by atoms with Gasteiger partial charge in [0.15, 0.2) is 0 Å². The fraction of sp³-hybridized carbons (Fsp3) is 0.417. The molecular formula is C12H14BrF3N2O2. The molecule has 0 heterocycles. The SMILES string of the molecule is COc1cc(NC(C)C(=O)NCC(F)(F)F)ccc1Br. The topological polar surface area (TPSA) is 50.4 Å². The molecule has 0 aliphatic carbocycles. The quantitative estimate of drug-likeness (QED) is 0.854. The Morgan fingerprint density at radius 2 is 2.10 bits per heavy atom. The molecule has 0 spiro atoms. The maximum Gasteiger partial charge on any atom is 0.405 e. The molecule has 1 amide bonds. The van der Waals surface area contributed by atoms with Crippen molar-refractivity contribution in [1.82, 2.24) is 5.32 Å². The minimum Gasteiger partial charge on any atom is -0.495 e. The number of carbonyl (C=O) groups is 1. The lowest BCUT2D eigenvalue weighted by atomic mass is 10.2. The number of hydrogen-bond acceptors (Lipinski definition) is 3. The standard InChI is InChI=1S/C12H14BrF3N2O2/c1-7(11(19)17-6-12(14,15)16)18-8-3-4-9(13)10(5-8)20-2/h3-5,7,18H,6H2,1-2H3,(H,17,19). The largest absolute Gasteiger partial charge is 0.495 e. The molecule has 0 fully saturated rings. The van der Waals surface area contributed by atoms with E-state index < -0.39 is 24.7 Å². The number of benzene rings is 1. The van der Waals surface area contributed by atoms with E-state index in [1.165, 1.54) is 14.0 Å². The van der Waals surface area contributed by atoms with Gasteiger partial charge in [-0.1, -0.05) is 0 Å². The van der Waals surface area contributed by atoms with Gasteiger partial charge >= 0.3 is 6.18 Å². The van der Waals surface area contributed by atoms with Crippen LogP contribution in [0.4, 0.5) is 18.9 Å². The van der Waals surface area contributed by atoms with E-state index in [0.29, 0.717) is 11.4 Å². The minimum atomic E-state index is -4.42. The summed E-state index contributed by atoms with van der Waals surface area (Å²) in [6.07, 6.45) is -4.42. The van der Waals surface area contributed by atoms with Crippen LogP contribution in [0.1, 0.15) is 6.92 Å². The van der Waals surface area contributed by atoms with Gasteiger partial charge in [0.05, 0.1) is 11.6 Å². The van der Waals surface area contributed by atoms with Crippen molar-refractivity contribution in [2.45, 2.75) is 19.1 Å². The van der Waals surface area contributed by atoms with Crippen molar-refractivity contribution in [1.29, 1.82) is 0 Å². The Balaban J connectivity index is 2.61. The molecule has 0 aliphatic heterocycles. The van der Waals surface area contributed by atoms with Gasteiger partial charge < -0.3 is 15.4 Å². The van der Waals surface area contributed by atoms with Crippen molar-refractivity contribution in [3.8, 4) is 5.75 Å². The fourth-order valence-corrected chi connectivity index (χ4v) is 1.81. The Bertz CT molecular complexity index is 480. The molecule has 0 bridgehead atoms. The van der Waals surface area contributed by atoms with Crippen molar-refractivity contribution in [2.24, 2.45) is 0 Å². The molecule has 0 aliphatic rings. The summed E-state index contributed by atoms with van der Waals surface area (Å²) in [7, 11) is 1.49. The maximum atomic E-state index is 12.0. The molecule has 1 rings (SSSR count). The van der Waals surface area contributed by atoms with Crippen molar-refractivity contribution in [2.75, 3.05) is 19.0 Å². The maximum absolute atomic E-state index is 12.0. The van der Waals surface area contributed by atoms with Crippen LogP contribution in [0.5, 0.6) is 5.75 Å². The van der Waals surface area contributed by atoms with Crippen LogP contribution in [0.3, 0.4) is 0 Å². The van der Waals surface area contributed by atoms with Crippen molar-refractivity contribution < 1.29 is 22.7 Å². The molecule has 4 nitrogen and oxygen atoms in total. The summed E-state index contributed by atoms with van der Waals surface area (Å²) in [4.78, 5) is 11.5. The summed E-state index contributed by atoms with van der Waals surface area (Å²) in [5.74, 6) is -0.179. The van der Waals surface area contributed by atoms with Crippen LogP contribution >= 0.6 is 15.9 Å². The molecule has 0 saturated carbocycles. The van der Waals surface area contributed by atoms with Gasteiger partial charge in [-0.2, -0.15) is 13.2 Å². The van der Waals surface area contributed by atoms with E-state index in [1.54, 1.807) is 18.2 Å². The van der Waals surface area contributed by atoms with Crippen LogP contribution in [-0.4, -0.2) is 31.8 Å². The lowest BCUT2D eigenvalue weighted by Crippen LogP contribution is -2.42. The van der Waals surface area contributed by atoms with E-state index in [4.69, 9.17) is 4.74 Å². The van der Waals surface area contributed by atoms with Gasteiger partial charge in [-0.05, 0) is 35.0 Å². The number of carbonyl (C=O) groups excluding carboxylic acids is 1. The zero-order chi connectivity index (χ0) is 15.3. The van der Waals surface area contributed by atoms with Gasteiger partial charge in [0, 0.05) is 11.8 Å². The van der Waals surface area contributed by atoms with Gasteiger partial charge in [-0.3, -0.25) is 4.79 Å². The second-order valence-electron chi connectivity index (χ2n) is 4.05. The van der Waals surface area contributed by atoms with Crippen LogP contribution in [0, 0.1) is 0 Å². The molecule has 112 valence electrons. The number of ether oxygens (including phenoxy) is 1. The zero-order valence-electron chi connectivity index (χ0n) is 10.8. The number of nitrogens with one attached hydrogen (secondary N) is 2. The Morgan fingerprint density at radius 3 is 2.65 bits per heavy atom. The number of rotatable bonds is 5. The van der Waals surface area contributed by atoms with E-state index in [-0.39, 0.29) is 0 Å². The van der Waals surface area contributed by atoms with Gasteiger partial charge in [0.2, 0.25) is 5.91 Å². The first-order valence-electron chi connectivity index (χ1n) is 5.67. The molecule has 1 aromatic rings. The van der Waals surface area contributed by atoms with E-state index in [2.05, 4.69) is 21.2 Å². The molecule has 8 heteroatoms. The van der Waals surface area contributed by atoms with Crippen LogP contribution in [-0.2, 0) is 4.79 Å². The first-order valence-corrected chi connectivity index (χ1v) is 6.47. The molecule has 1 atom stereocenters. The van der Waals surface area contributed by atoms with Crippen LogP contribution < -0.4 is 15.4 Å². The molecule has 20 heavy (non-hydrogen) atoms. The fourth-order valence-electron chi connectivity index (χ4n) is 1.41. The number of anilines is 1. The summed E-state index contributed by atoms with van der Waals surface area (Å²) in [6, 6.07) is 4.22. The lowest BCUT2D eigenvalue weighted by Gasteiger charge is -2.17. The summed E-state index contributed by atoms with van der Waals surface area (Å²) in [5.41, 5.74) is 0.569. The Kier molecular flexibility index (Phi) is 5.67. The zero-order valence-corrected chi connectivity index (χ0v) is 12.4. The number of amides is 1. The van der Waals surface area contributed by atoms with E-state index in [0.717, 1.165) is 4.47 Å². The average Bonchev–Trinajstić information content (AvgIpc) is 2.37. The Hall–Kier alpha value is -1.44. The molecule has 1 unspecified atom stereocenters. The molecule has 0 aromatic heterocycles. The highest BCUT2D eigenvalue weighted by molar-refractivity contribution is 9.10. The van der Waals surface area contributed by atoms with Crippen LogP contribution in [0.2, 0.25) is 0 Å². The van der Waals surface area contributed by atoms with Gasteiger partial charge in [-0.25, -0.2) is 0 Å². The van der Waals surface area contributed by atoms with Crippen LogP contribution in [0.25, 0.3) is 0 Å². The molecule has 0 radical (unpaired) electrons. The third-order valence-corrected chi connectivity index (χ3v) is 3.05. The lowest BCUT2D eigenvalue weighted by molar-refractivity contribution is -0.138. The number of halogens is 4. The predicted molar refractivity (Wildman–Crippen MR) is 72.8 cm³/mol. The van der Waals surface area contributed by atoms with Gasteiger partial charge in [0.1, 0.15) is 18.3 Å². The number of alkyl halides is 3. The second-order valence-corrected chi connectivity index (χ2v) is 4.90. The van der Waals surface area contributed by atoms with E-state index in [9.17, 15) is 18.0 Å². The number of methoxy groups -OCH3 is 1. The monoisotopic (exact) mass is 354 g/mol. The smallest absolute Gasteiger partial charge is 0.405 e. The van der Waals surface area contributed by atoms with E-state index in [1.807, 2.05) is 5.32 Å². The van der Waals surface area contributed by atoms with Crippen molar-refractivity contribution in [3.63, 3.8) is 0 Å². The van der Waals surface area contributed by atoms with Gasteiger partial charge in [0.25, 0.3) is 0 Å². The summed E-state index contributed by atoms with van der Waals surface area (Å²) < 4.78 is 41.8. The molecule has 2 N–H and O–H groups in total. The second kappa shape index (κ2) is 6.83. The summed E-state index contributed by atoms with van der Waals surface area (Å²) in [5, 5.41) is 4.62. The number of hydrogen-bond donors (Lipinski definition) is 2. The highest BCUT2D eigenvalue weighted by Gasteiger charge is 2.28. The predicted octanol–water partition coefficient (Wildman–Crippen LogP) is 2.94. The third kappa shape index (κ3) is 5.28. The normalized spacial score (nSPS) is 12.7.